The van der Waals surface area contributed by atoms with Crippen LogP contribution >= 0.6 is 0 Å². The average Bonchev–Trinajstić information content (AvgIpc) is 2.30. The predicted molar refractivity (Wildman–Crippen MR) is 50.7 cm³/mol. The molecule has 1 aliphatic rings. The minimum absolute atomic E-state index is 0.325. The normalized spacial score (nSPS) is 27.1. The molecule has 74 valence electrons. The molecule has 2 atom stereocenters. The molecule has 1 heterocycles. The minimum atomic E-state index is -0.389. The molecule has 0 amide bonds. The summed E-state index contributed by atoms with van der Waals surface area (Å²) in [7, 11) is 0. The van der Waals surface area contributed by atoms with Crippen molar-refractivity contribution in [2.24, 2.45) is 0 Å². The molecule has 0 aromatic heterocycles. The summed E-state index contributed by atoms with van der Waals surface area (Å²) in [5.41, 5.74) is 0.957. The molecule has 3 heteroatoms. The maximum Gasteiger partial charge on any atom is 0.184 e. The van der Waals surface area contributed by atoms with Gasteiger partial charge in [-0.05, 0) is 0 Å². The molecule has 1 aliphatic heterocycles. The summed E-state index contributed by atoms with van der Waals surface area (Å²) in [4.78, 5) is 10.6. The van der Waals surface area contributed by atoms with Crippen LogP contribution < -0.4 is 0 Å². The summed E-state index contributed by atoms with van der Waals surface area (Å²) in [6.07, 6.45) is 0.764. The fourth-order valence-corrected chi connectivity index (χ4v) is 1.44. The number of benzene rings is 1. The van der Waals surface area contributed by atoms with Crippen molar-refractivity contribution in [3.63, 3.8) is 0 Å². The van der Waals surface area contributed by atoms with Crippen molar-refractivity contribution in [2.45, 2.75) is 18.8 Å². The molecule has 0 bridgehead atoms. The molecule has 0 spiro atoms. The van der Waals surface area contributed by atoms with Crippen molar-refractivity contribution in [2.75, 3.05) is 6.61 Å². The van der Waals surface area contributed by atoms with Gasteiger partial charge >= 0.3 is 0 Å². The predicted octanol–water partition coefficient (Wildman–Crippen LogP) is 1.69. The van der Waals surface area contributed by atoms with Crippen LogP contribution in [0.15, 0.2) is 30.3 Å². The van der Waals surface area contributed by atoms with Gasteiger partial charge < -0.3 is 14.3 Å². The van der Waals surface area contributed by atoms with E-state index in [4.69, 9.17) is 9.47 Å². The Labute approximate surface area is 82.6 Å². The lowest BCUT2D eigenvalue weighted by atomic mass is 10.2. The van der Waals surface area contributed by atoms with Gasteiger partial charge in [0, 0.05) is 12.0 Å². The van der Waals surface area contributed by atoms with Crippen LogP contribution in [0.2, 0.25) is 0 Å². The molecule has 0 unspecified atom stereocenters. The van der Waals surface area contributed by atoms with Crippen molar-refractivity contribution in [3.8, 4) is 0 Å². The SMILES string of the molecule is O=C[C@H]1CCO[C@@H](c2ccccc2)O1. The van der Waals surface area contributed by atoms with E-state index in [1.807, 2.05) is 30.3 Å². The van der Waals surface area contributed by atoms with E-state index in [2.05, 4.69) is 0 Å². The highest BCUT2D eigenvalue weighted by Crippen LogP contribution is 2.24. The van der Waals surface area contributed by atoms with E-state index < -0.39 is 0 Å². The first-order valence-electron chi connectivity index (χ1n) is 4.67. The summed E-state index contributed by atoms with van der Waals surface area (Å²) in [6, 6.07) is 9.64. The van der Waals surface area contributed by atoms with Gasteiger partial charge in [0.25, 0.3) is 0 Å². The number of hydrogen-bond donors (Lipinski definition) is 0. The number of hydrogen-bond acceptors (Lipinski definition) is 3. The molecule has 1 aromatic rings. The second kappa shape index (κ2) is 4.35. The first kappa shape index (κ1) is 9.37. The van der Waals surface area contributed by atoms with Crippen LogP contribution in [-0.4, -0.2) is 19.0 Å². The van der Waals surface area contributed by atoms with Crippen LogP contribution in [0.1, 0.15) is 18.3 Å². The van der Waals surface area contributed by atoms with Crippen LogP contribution in [0.3, 0.4) is 0 Å². The molecule has 1 aromatic carbocycles. The Balaban J connectivity index is 2.08. The Bertz CT molecular complexity index is 297. The van der Waals surface area contributed by atoms with Gasteiger partial charge in [-0.15, -0.1) is 0 Å². The fourth-order valence-electron chi connectivity index (χ4n) is 1.44. The number of aldehydes is 1. The quantitative estimate of drug-likeness (QED) is 0.669. The Morgan fingerprint density at radius 2 is 2.07 bits per heavy atom. The summed E-state index contributed by atoms with van der Waals surface area (Å²) in [5, 5.41) is 0. The largest absolute Gasteiger partial charge is 0.348 e. The highest BCUT2D eigenvalue weighted by Gasteiger charge is 2.23. The van der Waals surface area contributed by atoms with Gasteiger partial charge in [-0.25, -0.2) is 0 Å². The number of ether oxygens (including phenoxy) is 2. The zero-order valence-electron chi connectivity index (χ0n) is 7.76. The summed E-state index contributed by atoms with van der Waals surface area (Å²) in [5.74, 6) is 0. The molecule has 0 radical (unpaired) electrons. The Hall–Kier alpha value is -1.19. The maximum atomic E-state index is 10.6. The topological polar surface area (TPSA) is 35.5 Å². The van der Waals surface area contributed by atoms with Crippen molar-refractivity contribution in [1.29, 1.82) is 0 Å². The Morgan fingerprint density at radius 3 is 2.79 bits per heavy atom. The number of rotatable bonds is 2. The van der Waals surface area contributed by atoms with Crippen molar-refractivity contribution in [1.82, 2.24) is 0 Å². The van der Waals surface area contributed by atoms with Crippen molar-refractivity contribution in [3.05, 3.63) is 35.9 Å². The summed E-state index contributed by atoms with van der Waals surface area (Å²) in [6.45, 7) is 0.572. The first-order chi connectivity index (χ1) is 6.90. The van der Waals surface area contributed by atoms with Crippen LogP contribution in [-0.2, 0) is 14.3 Å². The summed E-state index contributed by atoms with van der Waals surface area (Å²) >= 11 is 0. The third-order valence-electron chi connectivity index (χ3n) is 2.19. The lowest BCUT2D eigenvalue weighted by Crippen LogP contribution is -2.27. The van der Waals surface area contributed by atoms with Gasteiger partial charge in [0.05, 0.1) is 6.61 Å². The molecule has 3 nitrogen and oxygen atoms in total. The standard InChI is InChI=1S/C11H12O3/c12-8-10-6-7-13-11(14-10)9-4-2-1-3-5-9/h1-5,8,10-11H,6-7H2/t10-,11-/m1/s1. The van der Waals surface area contributed by atoms with Gasteiger partial charge in [-0.1, -0.05) is 30.3 Å². The van der Waals surface area contributed by atoms with Crippen LogP contribution in [0.25, 0.3) is 0 Å². The molecule has 0 aliphatic carbocycles. The second-order valence-electron chi connectivity index (χ2n) is 3.21. The Morgan fingerprint density at radius 1 is 1.29 bits per heavy atom. The highest BCUT2D eigenvalue weighted by molar-refractivity contribution is 5.56. The maximum absolute atomic E-state index is 10.6. The number of carbonyl (C=O) groups is 1. The van der Waals surface area contributed by atoms with E-state index in [0.717, 1.165) is 11.8 Å². The zero-order valence-corrected chi connectivity index (χ0v) is 7.76. The van der Waals surface area contributed by atoms with Crippen molar-refractivity contribution >= 4 is 6.29 Å². The summed E-state index contributed by atoms with van der Waals surface area (Å²) < 4.78 is 10.8. The van der Waals surface area contributed by atoms with Gasteiger partial charge in [-0.3, -0.25) is 0 Å². The van der Waals surface area contributed by atoms with Crippen LogP contribution in [0, 0.1) is 0 Å². The van der Waals surface area contributed by atoms with E-state index in [-0.39, 0.29) is 12.4 Å². The van der Waals surface area contributed by atoms with E-state index >= 15 is 0 Å². The van der Waals surface area contributed by atoms with E-state index in [9.17, 15) is 4.79 Å². The van der Waals surface area contributed by atoms with Gasteiger partial charge in [-0.2, -0.15) is 0 Å². The van der Waals surface area contributed by atoms with E-state index in [1.54, 1.807) is 0 Å². The molecule has 2 rings (SSSR count). The first-order valence-corrected chi connectivity index (χ1v) is 4.67. The third-order valence-corrected chi connectivity index (χ3v) is 2.19. The average molecular weight is 192 g/mol. The molecule has 14 heavy (non-hydrogen) atoms. The smallest absolute Gasteiger partial charge is 0.184 e. The van der Waals surface area contributed by atoms with Crippen LogP contribution in [0.4, 0.5) is 0 Å². The van der Waals surface area contributed by atoms with E-state index in [0.29, 0.717) is 13.0 Å². The molecule has 0 N–H and O–H groups in total. The number of carbonyl (C=O) groups excluding carboxylic acids is 1. The Kier molecular flexibility index (Phi) is 2.91. The molecule has 1 fully saturated rings. The minimum Gasteiger partial charge on any atom is -0.348 e. The van der Waals surface area contributed by atoms with Crippen LogP contribution in [0.5, 0.6) is 0 Å². The second-order valence-corrected chi connectivity index (χ2v) is 3.21. The zero-order chi connectivity index (χ0) is 9.80. The lowest BCUT2D eigenvalue weighted by molar-refractivity contribution is -0.211. The fraction of sp³-hybridized carbons (Fsp3) is 0.364. The third kappa shape index (κ3) is 2.00. The molecular weight excluding hydrogens is 180 g/mol. The monoisotopic (exact) mass is 192 g/mol. The molecule has 0 saturated carbocycles. The van der Waals surface area contributed by atoms with Crippen molar-refractivity contribution < 1.29 is 14.3 Å². The van der Waals surface area contributed by atoms with Gasteiger partial charge in [0.2, 0.25) is 0 Å². The molecule has 1 saturated heterocycles. The van der Waals surface area contributed by atoms with Gasteiger partial charge in [0.1, 0.15) is 12.4 Å². The lowest BCUT2D eigenvalue weighted by Gasteiger charge is -2.27. The highest BCUT2D eigenvalue weighted by atomic mass is 16.7. The molecular formula is C11H12O3. The van der Waals surface area contributed by atoms with Gasteiger partial charge in [0.15, 0.2) is 6.29 Å². The van der Waals surface area contributed by atoms with E-state index in [1.165, 1.54) is 0 Å².